The minimum absolute atomic E-state index is 0.0137. The number of nitrogens with two attached hydrogens (primary N) is 1. The molecule has 0 aliphatic rings. The highest BCUT2D eigenvalue weighted by Crippen LogP contribution is 2.38. The normalized spacial score (nSPS) is 11.9. The molecule has 0 aliphatic carbocycles. The molecule has 2 heterocycles. The van der Waals surface area contributed by atoms with E-state index in [2.05, 4.69) is 91.2 Å². The number of halogens is 1. The second kappa shape index (κ2) is 20.2. The van der Waals surface area contributed by atoms with Crippen LogP contribution in [0.4, 0.5) is 0 Å². The van der Waals surface area contributed by atoms with Crippen LogP contribution in [-0.4, -0.2) is 81.3 Å². The van der Waals surface area contributed by atoms with Crippen molar-refractivity contribution in [2.75, 3.05) is 19.6 Å². The predicted octanol–water partition coefficient (Wildman–Crippen LogP) is 6.58. The van der Waals surface area contributed by atoms with E-state index in [1.165, 1.54) is 28.0 Å². The average molecular weight is 814 g/mol. The number of benzene rings is 2. The Labute approximate surface area is 322 Å². The zero-order valence-electron chi connectivity index (χ0n) is 32.8. The largest absolute Gasteiger partial charge is 0.508 e. The zero-order valence-corrected chi connectivity index (χ0v) is 35.2. The Morgan fingerprint density at radius 3 is 1.43 bits per heavy atom. The van der Waals surface area contributed by atoms with Gasteiger partial charge in [-0.05, 0) is 98.2 Å². The van der Waals surface area contributed by atoms with E-state index in [1.807, 2.05) is 48.5 Å². The molecule has 21 heteroatoms. The molecule has 2 aromatic carbocycles. The van der Waals surface area contributed by atoms with Crippen molar-refractivity contribution in [3.05, 3.63) is 46.5 Å². The van der Waals surface area contributed by atoms with Crippen LogP contribution in [0.2, 0.25) is 0 Å². The molecular formula is C33H52ClN11O7S2. The van der Waals surface area contributed by atoms with E-state index in [0.717, 1.165) is 24.5 Å². The van der Waals surface area contributed by atoms with Crippen LogP contribution >= 0.6 is 11.8 Å². The first-order chi connectivity index (χ1) is 25.0. The summed E-state index contributed by atoms with van der Waals surface area (Å²) >= 11 is 4.63. The average Bonchev–Trinajstić information content (AvgIpc) is 3.71. The Hall–Kier alpha value is -4.53. The maximum atomic E-state index is 12.0. The number of rotatable bonds is 9. The van der Waals surface area contributed by atoms with Crippen molar-refractivity contribution < 1.29 is 32.2 Å². The van der Waals surface area contributed by atoms with Gasteiger partial charge in [0.25, 0.3) is 0 Å². The summed E-state index contributed by atoms with van der Waals surface area (Å²) in [5.74, 6) is 5.54. The molecule has 0 fully saturated rings. The third-order valence-corrected chi connectivity index (χ3v) is 9.59. The van der Waals surface area contributed by atoms with Gasteiger partial charge < -0.3 is 21.2 Å². The van der Waals surface area contributed by atoms with E-state index in [0.29, 0.717) is 22.9 Å². The highest BCUT2D eigenvalue weighted by molar-refractivity contribution is 7.90. The Morgan fingerprint density at radius 2 is 1.07 bits per heavy atom. The van der Waals surface area contributed by atoms with E-state index >= 15 is 0 Å². The fourth-order valence-electron chi connectivity index (χ4n) is 5.36. The second-order valence-corrected chi connectivity index (χ2v) is 17.2. The Kier molecular flexibility index (Phi) is 17.8. The van der Waals surface area contributed by atoms with Gasteiger partial charge in [0.1, 0.15) is 11.5 Å². The summed E-state index contributed by atoms with van der Waals surface area (Å²) in [6.07, 6.45) is 2.23. The number of aliphatic hydroxyl groups is 1. The van der Waals surface area contributed by atoms with Gasteiger partial charge in [0.2, 0.25) is 30.0 Å². The Balaban J connectivity index is 0.000000451. The number of phenolic OH excluding ortho intramolecular Hbond substituents is 2. The predicted molar refractivity (Wildman–Crippen MR) is 207 cm³/mol. The van der Waals surface area contributed by atoms with Crippen LogP contribution in [-0.2, 0) is 19.7 Å². The van der Waals surface area contributed by atoms with Gasteiger partial charge in [0, 0.05) is 43.3 Å². The van der Waals surface area contributed by atoms with Crippen LogP contribution in [0.25, 0.3) is 22.8 Å². The van der Waals surface area contributed by atoms with Crippen LogP contribution in [0.15, 0.2) is 54.9 Å². The zero-order chi connectivity index (χ0) is 41.9. The standard InChI is InChI=1S/C17H25N3O2S.C15H21N3O4S.CH4O.ClH2N5/c1-10(2)14-9-15(13(6)8-12(14)5)16-18-19-17(23(7,21)22)20(16)11(3)4;1-8(2)10-6-11(13(20)7-12(10)19)14-16-17-15(23(5,21)22)18(14)9(3)4;1-2;1-3-5-6-4-2/h8-11H,1-7H3;6-9,19-20H,1-5H3;2H,1H3;(H2,2,3,6). The van der Waals surface area contributed by atoms with Gasteiger partial charge in [-0.15, -0.1) is 20.4 Å². The molecule has 0 atom stereocenters. The Bertz CT molecular complexity index is 1990. The van der Waals surface area contributed by atoms with E-state index in [-0.39, 0.29) is 45.6 Å². The molecule has 4 rings (SSSR count). The van der Waals surface area contributed by atoms with Crippen molar-refractivity contribution >= 4 is 31.5 Å². The third-order valence-electron chi connectivity index (χ3n) is 7.63. The summed E-state index contributed by atoms with van der Waals surface area (Å²) in [5.41, 5.74) is 5.46. The molecule has 0 unspecified atom stereocenters. The molecule has 0 bridgehead atoms. The fraction of sp³-hybridized carbons (Fsp3) is 0.515. The number of aromatic hydroxyl groups is 2. The van der Waals surface area contributed by atoms with Gasteiger partial charge in [-0.1, -0.05) is 43.6 Å². The fourth-order valence-corrected chi connectivity index (χ4v) is 7.08. The first-order valence-electron chi connectivity index (χ1n) is 16.5. The topological polar surface area (TPSA) is 266 Å². The Morgan fingerprint density at radius 1 is 0.648 bits per heavy atom. The molecule has 0 amide bonds. The maximum Gasteiger partial charge on any atom is 0.249 e. The lowest BCUT2D eigenvalue weighted by Crippen LogP contribution is -2.13. The van der Waals surface area contributed by atoms with Gasteiger partial charge >= 0.3 is 0 Å². The lowest BCUT2D eigenvalue weighted by atomic mass is 9.92. The number of sulfone groups is 2. The highest BCUT2D eigenvalue weighted by atomic mass is 35.5. The first-order valence-corrected chi connectivity index (χ1v) is 20.6. The summed E-state index contributed by atoms with van der Waals surface area (Å²) in [5, 5.41) is 51.2. The number of hydrogen-bond acceptors (Lipinski definition) is 13. The van der Waals surface area contributed by atoms with E-state index < -0.39 is 19.7 Å². The van der Waals surface area contributed by atoms with Gasteiger partial charge in [-0.25, -0.2) is 16.8 Å². The lowest BCUT2D eigenvalue weighted by Gasteiger charge is -2.17. The molecule has 0 radical (unpaired) electrons. The summed E-state index contributed by atoms with van der Waals surface area (Å²) in [6, 6.07) is 6.83. The van der Waals surface area contributed by atoms with Crippen molar-refractivity contribution in [2.45, 2.75) is 103 Å². The van der Waals surface area contributed by atoms with Crippen LogP contribution in [0.3, 0.4) is 0 Å². The molecule has 4 aromatic rings. The first kappa shape index (κ1) is 47.5. The number of aryl methyl sites for hydroxylation is 2. The number of hydrogen-bond donors (Lipinski definition) is 4. The monoisotopic (exact) mass is 813 g/mol. The second-order valence-electron chi connectivity index (χ2n) is 13.2. The van der Waals surface area contributed by atoms with Gasteiger partial charge in [0.05, 0.1) is 17.3 Å². The van der Waals surface area contributed by atoms with Crippen LogP contribution < -0.4 is 5.84 Å². The van der Waals surface area contributed by atoms with Crippen LogP contribution in [0.1, 0.15) is 102 Å². The molecule has 300 valence electrons. The van der Waals surface area contributed by atoms with E-state index in [4.69, 9.17) is 5.11 Å². The highest BCUT2D eigenvalue weighted by Gasteiger charge is 2.27. The van der Waals surface area contributed by atoms with E-state index in [1.54, 1.807) is 10.6 Å². The minimum atomic E-state index is -3.55. The molecular weight excluding hydrogens is 762 g/mol. The summed E-state index contributed by atoms with van der Waals surface area (Å²) in [6.45, 7) is 19.7. The molecule has 54 heavy (non-hydrogen) atoms. The SMILES string of the molecule is CC(C)c1cc(-c2nnc(S(C)(=O)=O)n2C(C)C)c(O)cc1O.CO.Cc1cc(C)c(C(C)C)cc1-c1nnc(S(C)(=O)=O)n1C(C)C.N/N=N/N=NCl. The summed E-state index contributed by atoms with van der Waals surface area (Å²) in [4.78, 5) is 0. The van der Waals surface area contributed by atoms with Crippen LogP contribution in [0, 0.1) is 13.8 Å². The number of aromatic nitrogens is 6. The maximum absolute atomic E-state index is 12.0. The van der Waals surface area contributed by atoms with Crippen molar-refractivity contribution in [2.24, 2.45) is 26.1 Å². The molecule has 18 nitrogen and oxygen atoms in total. The molecule has 5 N–H and O–H groups in total. The van der Waals surface area contributed by atoms with Gasteiger partial charge in [-0.2, -0.15) is 0 Å². The third kappa shape index (κ3) is 12.0. The molecule has 0 saturated carbocycles. The van der Waals surface area contributed by atoms with Crippen molar-refractivity contribution in [3.63, 3.8) is 0 Å². The number of nitrogens with zero attached hydrogens (tertiary/aromatic N) is 10. The number of aliphatic hydroxyl groups excluding tert-OH is 1. The van der Waals surface area contributed by atoms with Crippen molar-refractivity contribution in [3.8, 4) is 34.3 Å². The molecule has 0 saturated heterocycles. The minimum Gasteiger partial charge on any atom is -0.508 e. The molecule has 0 aliphatic heterocycles. The van der Waals surface area contributed by atoms with Crippen molar-refractivity contribution in [1.29, 1.82) is 0 Å². The summed E-state index contributed by atoms with van der Waals surface area (Å²) in [7, 11) is -5.98. The molecule has 0 spiro atoms. The smallest absolute Gasteiger partial charge is 0.249 e. The van der Waals surface area contributed by atoms with Crippen LogP contribution in [0.5, 0.6) is 11.5 Å². The summed E-state index contributed by atoms with van der Waals surface area (Å²) < 4.78 is 53.6. The number of phenols is 2. The quantitative estimate of drug-likeness (QED) is 0.0793. The lowest BCUT2D eigenvalue weighted by molar-refractivity contribution is 0.399. The van der Waals surface area contributed by atoms with Gasteiger partial charge in [-0.3, -0.25) is 9.13 Å². The van der Waals surface area contributed by atoms with Crippen molar-refractivity contribution in [1.82, 2.24) is 29.5 Å². The molecule has 2 aromatic heterocycles. The van der Waals surface area contributed by atoms with Gasteiger partial charge in [0.15, 0.2) is 11.6 Å². The van der Waals surface area contributed by atoms with E-state index in [9.17, 15) is 27.0 Å².